The number of hydrogen-bond donors (Lipinski definition) is 1. The number of anilines is 2. The van der Waals surface area contributed by atoms with E-state index >= 15 is 0 Å². The first kappa shape index (κ1) is 11.2. The zero-order chi connectivity index (χ0) is 12.5. The minimum Gasteiger partial charge on any atom is -0.314 e. The number of imidazole rings is 1. The maximum absolute atomic E-state index is 4.68. The molecule has 0 saturated carbocycles. The predicted molar refractivity (Wildman–Crippen MR) is 74.7 cm³/mol. The fourth-order valence-electron chi connectivity index (χ4n) is 1.95. The van der Waals surface area contributed by atoms with Gasteiger partial charge in [-0.1, -0.05) is 19.9 Å². The van der Waals surface area contributed by atoms with Crippen LogP contribution in [-0.4, -0.2) is 14.4 Å². The van der Waals surface area contributed by atoms with Crippen molar-refractivity contribution in [3.05, 3.63) is 41.8 Å². The molecule has 18 heavy (non-hydrogen) atoms. The summed E-state index contributed by atoms with van der Waals surface area (Å²) in [7, 11) is 0. The van der Waals surface area contributed by atoms with E-state index in [-0.39, 0.29) is 0 Å². The van der Waals surface area contributed by atoms with E-state index in [9.17, 15) is 0 Å². The van der Waals surface area contributed by atoms with Crippen LogP contribution in [0.1, 0.15) is 25.6 Å². The van der Waals surface area contributed by atoms with Crippen molar-refractivity contribution in [1.29, 1.82) is 0 Å². The Kier molecular flexibility index (Phi) is 2.76. The number of rotatable bonds is 3. The summed E-state index contributed by atoms with van der Waals surface area (Å²) in [4.78, 5) is 8.91. The van der Waals surface area contributed by atoms with E-state index in [1.165, 1.54) is 0 Å². The van der Waals surface area contributed by atoms with Crippen LogP contribution in [0.25, 0.3) is 5.52 Å². The molecule has 5 heteroatoms. The molecule has 0 atom stereocenters. The highest BCUT2D eigenvalue weighted by Crippen LogP contribution is 2.26. The number of thiazole rings is 1. The van der Waals surface area contributed by atoms with Crippen LogP contribution >= 0.6 is 11.3 Å². The van der Waals surface area contributed by atoms with Crippen LogP contribution in [0.3, 0.4) is 0 Å². The molecular formula is C13H14N4S. The van der Waals surface area contributed by atoms with E-state index < -0.39 is 0 Å². The molecule has 0 saturated heterocycles. The minimum atomic E-state index is 0.381. The van der Waals surface area contributed by atoms with Crippen molar-refractivity contribution in [3.8, 4) is 0 Å². The number of pyridine rings is 1. The van der Waals surface area contributed by atoms with Gasteiger partial charge < -0.3 is 9.72 Å². The Morgan fingerprint density at radius 2 is 2.22 bits per heavy atom. The molecule has 92 valence electrons. The molecule has 3 aromatic rings. The van der Waals surface area contributed by atoms with Gasteiger partial charge >= 0.3 is 0 Å². The Labute approximate surface area is 109 Å². The van der Waals surface area contributed by atoms with Crippen LogP contribution in [0.4, 0.5) is 10.9 Å². The molecule has 0 amide bonds. The minimum absolute atomic E-state index is 0.381. The lowest BCUT2D eigenvalue weighted by atomic mass is 10.2. The van der Waals surface area contributed by atoms with Gasteiger partial charge in [-0.05, 0) is 12.1 Å². The van der Waals surface area contributed by atoms with E-state index in [0.717, 1.165) is 22.3 Å². The van der Waals surface area contributed by atoms with Gasteiger partial charge in [0, 0.05) is 23.7 Å². The molecule has 1 N–H and O–H groups in total. The monoisotopic (exact) mass is 258 g/mol. The molecular weight excluding hydrogens is 244 g/mol. The third-order valence-electron chi connectivity index (χ3n) is 2.75. The van der Waals surface area contributed by atoms with Crippen molar-refractivity contribution in [2.45, 2.75) is 19.8 Å². The standard InChI is InChI=1S/C13H14N4S/c1-9(2)12-15-11(16-13-14-6-8-18-13)10-5-3-4-7-17(10)12/h3-9H,1-2H3,(H,14,16). The van der Waals surface area contributed by atoms with Crippen molar-refractivity contribution < 1.29 is 0 Å². The SMILES string of the molecule is CC(C)c1nc(Nc2nccs2)c2ccccn12. The van der Waals surface area contributed by atoms with Crippen LogP contribution < -0.4 is 5.32 Å². The van der Waals surface area contributed by atoms with Gasteiger partial charge in [-0.15, -0.1) is 11.3 Å². The van der Waals surface area contributed by atoms with Gasteiger partial charge in [0.2, 0.25) is 0 Å². The maximum atomic E-state index is 4.68. The maximum Gasteiger partial charge on any atom is 0.188 e. The summed E-state index contributed by atoms with van der Waals surface area (Å²) in [5.41, 5.74) is 1.08. The summed E-state index contributed by atoms with van der Waals surface area (Å²) in [5, 5.41) is 6.10. The topological polar surface area (TPSA) is 42.2 Å². The van der Waals surface area contributed by atoms with Crippen molar-refractivity contribution in [2.24, 2.45) is 0 Å². The van der Waals surface area contributed by atoms with E-state index in [1.54, 1.807) is 17.5 Å². The zero-order valence-corrected chi connectivity index (χ0v) is 11.1. The van der Waals surface area contributed by atoms with Crippen molar-refractivity contribution >= 4 is 27.8 Å². The molecule has 3 heterocycles. The molecule has 0 aromatic carbocycles. The summed E-state index contributed by atoms with van der Waals surface area (Å²) in [5.74, 6) is 2.31. The third kappa shape index (κ3) is 1.86. The molecule has 0 aliphatic rings. The molecule has 3 rings (SSSR count). The molecule has 0 bridgehead atoms. The Bertz CT molecular complexity index is 655. The number of nitrogens with one attached hydrogen (secondary N) is 1. The van der Waals surface area contributed by atoms with E-state index in [2.05, 4.69) is 39.6 Å². The van der Waals surface area contributed by atoms with Crippen LogP contribution in [0.2, 0.25) is 0 Å². The first-order chi connectivity index (χ1) is 8.75. The highest BCUT2D eigenvalue weighted by molar-refractivity contribution is 7.13. The zero-order valence-electron chi connectivity index (χ0n) is 10.3. The van der Waals surface area contributed by atoms with Gasteiger partial charge in [-0.3, -0.25) is 0 Å². The largest absolute Gasteiger partial charge is 0.314 e. The lowest BCUT2D eigenvalue weighted by molar-refractivity contribution is 0.771. The molecule has 0 spiro atoms. The Balaban J connectivity index is 2.11. The molecule has 0 radical (unpaired) electrons. The highest BCUT2D eigenvalue weighted by Gasteiger charge is 2.13. The van der Waals surface area contributed by atoms with Crippen LogP contribution in [0.5, 0.6) is 0 Å². The highest BCUT2D eigenvalue weighted by atomic mass is 32.1. The summed E-state index contributed by atoms with van der Waals surface area (Å²) in [6, 6.07) is 6.11. The predicted octanol–water partition coefficient (Wildman–Crippen LogP) is 3.66. The summed E-state index contributed by atoms with van der Waals surface area (Å²) in [6.45, 7) is 4.30. The van der Waals surface area contributed by atoms with Gasteiger partial charge in [0.25, 0.3) is 0 Å². The normalized spacial score (nSPS) is 11.3. The van der Waals surface area contributed by atoms with Crippen molar-refractivity contribution in [3.63, 3.8) is 0 Å². The van der Waals surface area contributed by atoms with Crippen molar-refractivity contribution in [1.82, 2.24) is 14.4 Å². The lowest BCUT2D eigenvalue weighted by Gasteiger charge is -2.02. The fraction of sp³-hybridized carbons (Fsp3) is 0.231. The molecule has 3 aromatic heterocycles. The van der Waals surface area contributed by atoms with Crippen LogP contribution in [0.15, 0.2) is 36.0 Å². The second kappa shape index (κ2) is 4.42. The smallest absolute Gasteiger partial charge is 0.188 e. The summed E-state index contributed by atoms with van der Waals surface area (Å²) in [6.07, 6.45) is 3.83. The van der Waals surface area contributed by atoms with Crippen molar-refractivity contribution in [2.75, 3.05) is 5.32 Å². The summed E-state index contributed by atoms with van der Waals surface area (Å²) < 4.78 is 2.13. The number of aromatic nitrogens is 3. The van der Waals surface area contributed by atoms with Crippen LogP contribution in [0, 0.1) is 0 Å². The molecule has 0 aliphatic heterocycles. The van der Waals surface area contributed by atoms with Gasteiger partial charge in [0.15, 0.2) is 10.9 Å². The Morgan fingerprint density at radius 1 is 1.33 bits per heavy atom. The number of nitrogens with zero attached hydrogens (tertiary/aromatic N) is 3. The number of hydrogen-bond acceptors (Lipinski definition) is 4. The first-order valence-corrected chi connectivity index (χ1v) is 6.77. The number of fused-ring (bicyclic) bond motifs is 1. The fourth-order valence-corrected chi connectivity index (χ4v) is 2.48. The van der Waals surface area contributed by atoms with E-state index in [4.69, 9.17) is 0 Å². The molecule has 0 unspecified atom stereocenters. The second-order valence-electron chi connectivity index (χ2n) is 4.39. The van der Waals surface area contributed by atoms with Crippen LogP contribution in [-0.2, 0) is 0 Å². The van der Waals surface area contributed by atoms with Gasteiger partial charge in [0.1, 0.15) is 5.82 Å². The van der Waals surface area contributed by atoms with E-state index in [0.29, 0.717) is 5.92 Å². The average Bonchev–Trinajstić information content (AvgIpc) is 2.98. The Morgan fingerprint density at radius 3 is 2.94 bits per heavy atom. The first-order valence-electron chi connectivity index (χ1n) is 5.89. The second-order valence-corrected chi connectivity index (χ2v) is 5.29. The quantitative estimate of drug-likeness (QED) is 0.779. The van der Waals surface area contributed by atoms with Gasteiger partial charge in [0.05, 0.1) is 5.52 Å². The van der Waals surface area contributed by atoms with Gasteiger partial charge in [-0.25, -0.2) is 9.97 Å². The Hall–Kier alpha value is -1.88. The molecule has 0 aliphatic carbocycles. The summed E-state index contributed by atoms with van der Waals surface area (Å²) >= 11 is 1.57. The average molecular weight is 258 g/mol. The molecule has 0 fully saturated rings. The van der Waals surface area contributed by atoms with Gasteiger partial charge in [-0.2, -0.15) is 0 Å². The van der Waals surface area contributed by atoms with E-state index in [1.807, 2.05) is 23.7 Å². The third-order valence-corrected chi connectivity index (χ3v) is 3.44. The molecule has 4 nitrogen and oxygen atoms in total. The lowest BCUT2D eigenvalue weighted by Crippen LogP contribution is -1.95.